The van der Waals surface area contributed by atoms with Gasteiger partial charge in [-0.15, -0.1) is 0 Å². The van der Waals surface area contributed by atoms with Gasteiger partial charge in [0.25, 0.3) is 5.69 Å². The molecule has 1 unspecified atom stereocenters. The summed E-state index contributed by atoms with van der Waals surface area (Å²) in [6.45, 7) is 3.74. The van der Waals surface area contributed by atoms with E-state index in [2.05, 4.69) is 23.9 Å². The first-order valence-electron chi connectivity index (χ1n) is 6.76. The van der Waals surface area contributed by atoms with Crippen molar-refractivity contribution in [2.75, 3.05) is 32.1 Å². The number of nitro groups is 1. The van der Waals surface area contributed by atoms with Crippen molar-refractivity contribution in [1.29, 1.82) is 0 Å². The molecule has 5 nitrogen and oxygen atoms in total. The Morgan fingerprint density at radius 3 is 2.70 bits per heavy atom. The topological polar surface area (TPSA) is 49.6 Å². The minimum atomic E-state index is -0.401. The van der Waals surface area contributed by atoms with Crippen LogP contribution < -0.4 is 4.90 Å². The maximum absolute atomic E-state index is 10.9. The summed E-state index contributed by atoms with van der Waals surface area (Å²) in [5.41, 5.74) is 1.85. The van der Waals surface area contributed by atoms with E-state index in [1.165, 1.54) is 12.5 Å². The van der Waals surface area contributed by atoms with Crippen LogP contribution in [0, 0.1) is 17.0 Å². The fraction of sp³-hybridized carbons (Fsp3) is 0.571. The van der Waals surface area contributed by atoms with E-state index in [4.69, 9.17) is 11.6 Å². The van der Waals surface area contributed by atoms with Gasteiger partial charge in [0.05, 0.1) is 15.6 Å². The number of hydrogen-bond donors (Lipinski definition) is 0. The second-order valence-electron chi connectivity index (χ2n) is 5.56. The highest BCUT2D eigenvalue weighted by molar-refractivity contribution is 6.33. The second kappa shape index (κ2) is 5.97. The third-order valence-corrected chi connectivity index (χ3v) is 4.18. The number of hydrogen-bond acceptors (Lipinski definition) is 4. The van der Waals surface area contributed by atoms with E-state index in [-0.39, 0.29) is 5.69 Å². The van der Waals surface area contributed by atoms with Crippen molar-refractivity contribution in [2.45, 2.75) is 25.8 Å². The molecule has 0 spiro atoms. The first-order valence-corrected chi connectivity index (χ1v) is 7.14. The van der Waals surface area contributed by atoms with Gasteiger partial charge in [-0.1, -0.05) is 11.6 Å². The van der Waals surface area contributed by atoms with Gasteiger partial charge in [0.1, 0.15) is 0 Å². The van der Waals surface area contributed by atoms with Crippen LogP contribution in [0.3, 0.4) is 0 Å². The van der Waals surface area contributed by atoms with E-state index in [9.17, 15) is 10.1 Å². The maximum atomic E-state index is 10.9. The molecule has 110 valence electrons. The summed E-state index contributed by atoms with van der Waals surface area (Å²) in [5.74, 6) is 0. The smallest absolute Gasteiger partial charge is 0.271 e. The molecule has 1 aliphatic rings. The number of nitro benzene ring substituents is 1. The fourth-order valence-electron chi connectivity index (χ4n) is 2.80. The lowest BCUT2D eigenvalue weighted by Gasteiger charge is -2.38. The van der Waals surface area contributed by atoms with Gasteiger partial charge in [0, 0.05) is 31.3 Å². The summed E-state index contributed by atoms with van der Waals surface area (Å²) in [6.07, 6.45) is 2.28. The molecule has 1 atom stereocenters. The lowest BCUT2D eigenvalue weighted by atomic mass is 10.0. The van der Waals surface area contributed by atoms with Crippen LogP contribution in [0.2, 0.25) is 5.02 Å². The van der Waals surface area contributed by atoms with E-state index >= 15 is 0 Å². The second-order valence-corrected chi connectivity index (χ2v) is 5.96. The normalized spacial score (nSPS) is 19.4. The lowest BCUT2D eigenvalue weighted by molar-refractivity contribution is -0.384. The summed E-state index contributed by atoms with van der Waals surface area (Å²) in [6, 6.07) is 3.54. The van der Waals surface area contributed by atoms with Gasteiger partial charge in [-0.2, -0.15) is 0 Å². The first kappa shape index (κ1) is 15.1. The number of non-ortho nitro benzene ring substituents is 1. The van der Waals surface area contributed by atoms with Gasteiger partial charge in [-0.3, -0.25) is 10.1 Å². The van der Waals surface area contributed by atoms with Crippen molar-refractivity contribution in [3.63, 3.8) is 0 Å². The highest BCUT2D eigenvalue weighted by Crippen LogP contribution is 2.35. The van der Waals surface area contributed by atoms with Crippen molar-refractivity contribution in [2.24, 2.45) is 0 Å². The largest absolute Gasteiger partial charge is 0.369 e. The molecule has 0 aliphatic carbocycles. The Labute approximate surface area is 124 Å². The number of piperidine rings is 1. The molecule has 1 saturated heterocycles. The zero-order valence-electron chi connectivity index (χ0n) is 12.1. The van der Waals surface area contributed by atoms with Crippen molar-refractivity contribution in [1.82, 2.24) is 4.90 Å². The van der Waals surface area contributed by atoms with Gasteiger partial charge in [0.2, 0.25) is 0 Å². The Balaban J connectivity index is 2.30. The molecule has 1 fully saturated rings. The number of anilines is 1. The van der Waals surface area contributed by atoms with Crippen LogP contribution in [0.1, 0.15) is 18.4 Å². The molecule has 1 aromatic carbocycles. The van der Waals surface area contributed by atoms with Crippen LogP contribution >= 0.6 is 11.6 Å². The Kier molecular flexibility index (Phi) is 4.50. The van der Waals surface area contributed by atoms with Gasteiger partial charge >= 0.3 is 0 Å². The van der Waals surface area contributed by atoms with E-state index in [0.29, 0.717) is 11.1 Å². The summed E-state index contributed by atoms with van der Waals surface area (Å²) in [4.78, 5) is 14.9. The zero-order chi connectivity index (χ0) is 14.9. The lowest BCUT2D eigenvalue weighted by Crippen LogP contribution is -2.45. The van der Waals surface area contributed by atoms with Crippen molar-refractivity contribution in [3.8, 4) is 0 Å². The molecular weight excluding hydrogens is 278 g/mol. The standard InChI is InChI=1S/C14H20ClN3O2/c1-10-7-12(18(19)20)8-13(15)14(10)17-6-4-5-11(9-17)16(2)3/h7-8,11H,4-6,9H2,1-3H3. The molecule has 0 aromatic heterocycles. The molecule has 0 amide bonds. The number of rotatable bonds is 3. The third kappa shape index (κ3) is 3.04. The van der Waals surface area contributed by atoms with Crippen LogP contribution in [0.4, 0.5) is 11.4 Å². The summed E-state index contributed by atoms with van der Waals surface area (Å²) >= 11 is 6.28. The van der Waals surface area contributed by atoms with Crippen LogP contribution in [0.25, 0.3) is 0 Å². The van der Waals surface area contributed by atoms with E-state index in [1.807, 2.05) is 6.92 Å². The average Bonchev–Trinajstić information content (AvgIpc) is 2.38. The van der Waals surface area contributed by atoms with Crippen LogP contribution in [0.5, 0.6) is 0 Å². The highest BCUT2D eigenvalue weighted by atomic mass is 35.5. The number of likely N-dealkylation sites (N-methyl/N-ethyl adjacent to an activating group) is 1. The molecule has 20 heavy (non-hydrogen) atoms. The number of halogens is 1. The minimum absolute atomic E-state index is 0.0532. The molecule has 2 rings (SSSR count). The van der Waals surface area contributed by atoms with E-state index < -0.39 is 4.92 Å². The van der Waals surface area contributed by atoms with Gasteiger partial charge in [0.15, 0.2) is 0 Å². The molecule has 0 bridgehead atoms. The van der Waals surface area contributed by atoms with Crippen LogP contribution in [0.15, 0.2) is 12.1 Å². The summed E-state index contributed by atoms with van der Waals surface area (Å²) in [5, 5.41) is 11.3. The monoisotopic (exact) mass is 297 g/mol. The van der Waals surface area contributed by atoms with E-state index in [1.54, 1.807) is 6.07 Å². The summed E-state index contributed by atoms with van der Waals surface area (Å²) < 4.78 is 0. The SMILES string of the molecule is Cc1cc([N+](=O)[O-])cc(Cl)c1N1CCCC(N(C)C)C1. The van der Waals surface area contributed by atoms with Crippen molar-refractivity contribution < 1.29 is 4.92 Å². The fourth-order valence-corrected chi connectivity index (χ4v) is 3.18. The predicted molar refractivity (Wildman–Crippen MR) is 81.8 cm³/mol. The Hall–Kier alpha value is -1.33. The molecule has 1 aromatic rings. The van der Waals surface area contributed by atoms with Crippen molar-refractivity contribution >= 4 is 23.0 Å². The Morgan fingerprint density at radius 1 is 1.45 bits per heavy atom. The van der Waals surface area contributed by atoms with Gasteiger partial charge < -0.3 is 9.80 Å². The van der Waals surface area contributed by atoms with Crippen LogP contribution in [-0.2, 0) is 0 Å². The molecule has 0 N–H and O–H groups in total. The van der Waals surface area contributed by atoms with Gasteiger partial charge in [-0.05, 0) is 39.4 Å². The Bertz CT molecular complexity index is 496. The maximum Gasteiger partial charge on any atom is 0.271 e. The Morgan fingerprint density at radius 2 is 2.15 bits per heavy atom. The average molecular weight is 298 g/mol. The van der Waals surface area contributed by atoms with Crippen LogP contribution in [-0.4, -0.2) is 43.0 Å². The van der Waals surface area contributed by atoms with Crippen molar-refractivity contribution in [3.05, 3.63) is 32.8 Å². The number of aryl methyl sites for hydroxylation is 1. The number of benzene rings is 1. The molecule has 0 saturated carbocycles. The van der Waals surface area contributed by atoms with E-state index in [0.717, 1.165) is 30.8 Å². The first-order chi connectivity index (χ1) is 9.40. The molecule has 6 heteroatoms. The minimum Gasteiger partial charge on any atom is -0.369 e. The highest BCUT2D eigenvalue weighted by Gasteiger charge is 2.25. The molecule has 1 aliphatic heterocycles. The summed E-state index contributed by atoms with van der Waals surface area (Å²) in [7, 11) is 4.16. The number of nitrogens with zero attached hydrogens (tertiary/aromatic N) is 3. The predicted octanol–water partition coefficient (Wildman–Crippen LogP) is 3.09. The zero-order valence-corrected chi connectivity index (χ0v) is 12.9. The van der Waals surface area contributed by atoms with Gasteiger partial charge in [-0.25, -0.2) is 0 Å². The molecule has 0 radical (unpaired) electrons. The molecular formula is C14H20ClN3O2. The molecule has 1 heterocycles. The third-order valence-electron chi connectivity index (χ3n) is 3.89. The quantitative estimate of drug-likeness (QED) is 0.635.